The summed E-state index contributed by atoms with van der Waals surface area (Å²) in [6, 6.07) is 6.17. The van der Waals surface area contributed by atoms with Crippen molar-refractivity contribution in [2.75, 3.05) is 39.9 Å². The summed E-state index contributed by atoms with van der Waals surface area (Å²) >= 11 is 0. The fraction of sp³-hybridized carbons (Fsp3) is 0.562. The van der Waals surface area contributed by atoms with Gasteiger partial charge in [0.15, 0.2) is 0 Å². The van der Waals surface area contributed by atoms with E-state index in [-0.39, 0.29) is 10.8 Å². The monoisotopic (exact) mass is 340 g/mol. The average Bonchev–Trinajstić information content (AvgIpc) is 2.59. The third kappa shape index (κ3) is 4.31. The zero-order valence-corrected chi connectivity index (χ0v) is 14.5. The molecule has 1 heterocycles. The van der Waals surface area contributed by atoms with E-state index >= 15 is 0 Å². The number of benzene rings is 1. The van der Waals surface area contributed by atoms with Gasteiger partial charge in [0, 0.05) is 32.2 Å². The maximum atomic E-state index is 12.4. The van der Waals surface area contributed by atoms with Crippen LogP contribution in [0.3, 0.4) is 0 Å². The van der Waals surface area contributed by atoms with Gasteiger partial charge in [-0.3, -0.25) is 4.79 Å². The Morgan fingerprint density at radius 2 is 1.83 bits per heavy atom. The predicted octanol–water partition coefficient (Wildman–Crippen LogP) is 1.58. The fourth-order valence-electron chi connectivity index (χ4n) is 2.40. The van der Waals surface area contributed by atoms with E-state index in [0.29, 0.717) is 38.4 Å². The van der Waals surface area contributed by atoms with Gasteiger partial charge < -0.3 is 9.64 Å². The average molecular weight is 340 g/mol. The van der Waals surface area contributed by atoms with Gasteiger partial charge in [0.05, 0.1) is 18.1 Å². The topological polar surface area (TPSA) is 66.9 Å². The molecule has 0 saturated carbocycles. The van der Waals surface area contributed by atoms with Gasteiger partial charge in [0.1, 0.15) is 0 Å². The Balaban J connectivity index is 2.10. The molecule has 1 aliphatic heterocycles. The third-order valence-electron chi connectivity index (χ3n) is 3.93. The molecular weight excluding hydrogens is 316 g/mol. The van der Waals surface area contributed by atoms with Gasteiger partial charge in [-0.1, -0.05) is 13.3 Å². The van der Waals surface area contributed by atoms with Crippen LogP contribution in [0.2, 0.25) is 0 Å². The molecule has 0 aromatic heterocycles. The highest BCUT2D eigenvalue weighted by Crippen LogP contribution is 2.17. The summed E-state index contributed by atoms with van der Waals surface area (Å²) in [6.07, 6.45) is 1.76. The van der Waals surface area contributed by atoms with E-state index in [1.165, 1.54) is 16.4 Å². The molecule has 1 aromatic carbocycles. The summed E-state index contributed by atoms with van der Waals surface area (Å²) in [7, 11) is -1.91. The molecule has 23 heavy (non-hydrogen) atoms. The molecule has 1 aromatic rings. The highest BCUT2D eigenvalue weighted by Gasteiger charge is 2.22. The summed E-state index contributed by atoms with van der Waals surface area (Å²) in [5.41, 5.74) is 0.502. The number of rotatable bonds is 6. The quantitative estimate of drug-likeness (QED) is 0.788. The minimum Gasteiger partial charge on any atom is -0.378 e. The van der Waals surface area contributed by atoms with E-state index in [1.54, 1.807) is 24.1 Å². The van der Waals surface area contributed by atoms with Gasteiger partial charge in [-0.15, -0.1) is 0 Å². The second-order valence-corrected chi connectivity index (χ2v) is 7.65. The number of amides is 1. The Kier molecular flexibility index (Phi) is 6.15. The van der Waals surface area contributed by atoms with Crippen LogP contribution in [0.15, 0.2) is 29.2 Å². The lowest BCUT2D eigenvalue weighted by molar-refractivity contribution is 0.0303. The lowest BCUT2D eigenvalue weighted by atomic mass is 10.2. The first kappa shape index (κ1) is 17.9. The van der Waals surface area contributed by atoms with Crippen molar-refractivity contribution in [3.8, 4) is 0 Å². The Labute approximate surface area is 138 Å². The molecule has 128 valence electrons. The van der Waals surface area contributed by atoms with Gasteiger partial charge in [-0.25, -0.2) is 12.7 Å². The largest absolute Gasteiger partial charge is 0.378 e. The Bertz CT molecular complexity index is 622. The molecule has 0 N–H and O–H groups in total. The van der Waals surface area contributed by atoms with Crippen molar-refractivity contribution in [2.24, 2.45) is 0 Å². The lowest BCUT2D eigenvalue weighted by Crippen LogP contribution is -2.40. The van der Waals surface area contributed by atoms with E-state index in [2.05, 4.69) is 0 Å². The smallest absolute Gasteiger partial charge is 0.254 e. The van der Waals surface area contributed by atoms with Gasteiger partial charge in [0.2, 0.25) is 10.0 Å². The molecule has 7 heteroatoms. The van der Waals surface area contributed by atoms with Crippen molar-refractivity contribution in [3.05, 3.63) is 29.8 Å². The number of sulfonamides is 1. The van der Waals surface area contributed by atoms with Crippen LogP contribution in [0, 0.1) is 0 Å². The molecule has 1 fully saturated rings. The third-order valence-corrected chi connectivity index (χ3v) is 5.81. The van der Waals surface area contributed by atoms with Gasteiger partial charge in [-0.05, 0) is 30.7 Å². The molecule has 0 unspecified atom stereocenters. The SMILES string of the molecule is CCCCN(C)S(=O)(=O)c1ccc(C(=O)N2CCOCC2)cc1. The first-order valence-corrected chi connectivity index (χ1v) is 9.34. The second-order valence-electron chi connectivity index (χ2n) is 5.61. The number of nitrogens with zero attached hydrogens (tertiary/aromatic N) is 2. The summed E-state index contributed by atoms with van der Waals surface area (Å²) in [5, 5.41) is 0. The number of ether oxygens (including phenoxy) is 1. The van der Waals surface area contributed by atoms with Crippen molar-refractivity contribution in [1.82, 2.24) is 9.21 Å². The lowest BCUT2D eigenvalue weighted by Gasteiger charge is -2.27. The molecule has 0 bridgehead atoms. The van der Waals surface area contributed by atoms with Crippen molar-refractivity contribution in [2.45, 2.75) is 24.7 Å². The fourth-order valence-corrected chi connectivity index (χ4v) is 3.61. The van der Waals surface area contributed by atoms with Gasteiger partial charge >= 0.3 is 0 Å². The number of unbranched alkanes of at least 4 members (excludes halogenated alkanes) is 1. The Morgan fingerprint density at radius 1 is 1.22 bits per heavy atom. The van der Waals surface area contributed by atoms with Crippen molar-refractivity contribution < 1.29 is 17.9 Å². The Morgan fingerprint density at radius 3 is 2.39 bits per heavy atom. The molecule has 1 amide bonds. The van der Waals surface area contributed by atoms with Crippen LogP contribution in [0.5, 0.6) is 0 Å². The van der Waals surface area contributed by atoms with E-state index < -0.39 is 10.0 Å². The normalized spacial score (nSPS) is 15.9. The molecule has 0 radical (unpaired) electrons. The standard InChI is InChI=1S/C16H24N2O4S/c1-3-4-9-17(2)23(20,21)15-7-5-14(6-8-15)16(19)18-10-12-22-13-11-18/h5-8H,3-4,9-13H2,1-2H3. The molecular formula is C16H24N2O4S. The van der Waals surface area contributed by atoms with Crippen LogP contribution in [0.1, 0.15) is 30.1 Å². The molecule has 0 spiro atoms. The number of carbonyl (C=O) groups excluding carboxylic acids is 1. The van der Waals surface area contributed by atoms with Crippen molar-refractivity contribution in [1.29, 1.82) is 0 Å². The van der Waals surface area contributed by atoms with E-state index in [0.717, 1.165) is 12.8 Å². The minimum atomic E-state index is -3.49. The van der Waals surface area contributed by atoms with Crippen LogP contribution in [0.4, 0.5) is 0 Å². The summed E-state index contributed by atoms with van der Waals surface area (Å²) < 4.78 is 31.5. The molecule has 1 aliphatic rings. The highest BCUT2D eigenvalue weighted by atomic mass is 32.2. The molecule has 1 saturated heterocycles. The predicted molar refractivity (Wildman–Crippen MR) is 87.9 cm³/mol. The molecule has 6 nitrogen and oxygen atoms in total. The van der Waals surface area contributed by atoms with E-state index in [1.807, 2.05) is 6.92 Å². The molecule has 2 rings (SSSR count). The molecule has 0 aliphatic carbocycles. The van der Waals surface area contributed by atoms with Crippen LogP contribution in [-0.2, 0) is 14.8 Å². The maximum Gasteiger partial charge on any atom is 0.254 e. The first-order chi connectivity index (χ1) is 11.0. The van der Waals surface area contributed by atoms with Crippen LogP contribution >= 0.6 is 0 Å². The zero-order chi connectivity index (χ0) is 16.9. The van der Waals surface area contributed by atoms with E-state index in [4.69, 9.17) is 4.74 Å². The number of hydrogen-bond acceptors (Lipinski definition) is 4. The van der Waals surface area contributed by atoms with Crippen LogP contribution in [0.25, 0.3) is 0 Å². The molecule has 0 atom stereocenters. The van der Waals surface area contributed by atoms with E-state index in [9.17, 15) is 13.2 Å². The number of hydrogen-bond donors (Lipinski definition) is 0. The van der Waals surface area contributed by atoms with Crippen molar-refractivity contribution >= 4 is 15.9 Å². The Hall–Kier alpha value is -1.44. The summed E-state index contributed by atoms with van der Waals surface area (Å²) in [4.78, 5) is 14.3. The van der Waals surface area contributed by atoms with Crippen molar-refractivity contribution in [3.63, 3.8) is 0 Å². The zero-order valence-electron chi connectivity index (χ0n) is 13.7. The van der Waals surface area contributed by atoms with Crippen LogP contribution in [-0.4, -0.2) is 63.4 Å². The second kappa shape index (κ2) is 7.90. The maximum absolute atomic E-state index is 12.4. The minimum absolute atomic E-state index is 0.0865. The number of carbonyl (C=O) groups is 1. The number of morpholine rings is 1. The van der Waals surface area contributed by atoms with Gasteiger partial charge in [-0.2, -0.15) is 0 Å². The summed E-state index contributed by atoms with van der Waals surface area (Å²) in [5.74, 6) is -0.0865. The highest BCUT2D eigenvalue weighted by molar-refractivity contribution is 7.89. The summed E-state index contributed by atoms with van der Waals surface area (Å²) in [6.45, 7) is 4.73. The van der Waals surface area contributed by atoms with Crippen LogP contribution < -0.4 is 0 Å². The van der Waals surface area contributed by atoms with Gasteiger partial charge in [0.25, 0.3) is 5.91 Å². The first-order valence-electron chi connectivity index (χ1n) is 7.90.